The maximum atomic E-state index is 12.2. The molecule has 1 unspecified atom stereocenters. The molecule has 1 saturated carbocycles. The molecule has 2 N–H and O–H groups in total. The summed E-state index contributed by atoms with van der Waals surface area (Å²) in [5.74, 6) is 1.53. The lowest BCUT2D eigenvalue weighted by atomic mass is 9.80. The molecule has 1 aliphatic carbocycles. The van der Waals surface area contributed by atoms with Crippen LogP contribution in [0.3, 0.4) is 0 Å². The van der Waals surface area contributed by atoms with Crippen LogP contribution in [0, 0.1) is 19.8 Å². The lowest BCUT2D eigenvalue weighted by Crippen LogP contribution is -2.37. The van der Waals surface area contributed by atoms with Crippen molar-refractivity contribution in [3.63, 3.8) is 0 Å². The van der Waals surface area contributed by atoms with E-state index in [0.717, 1.165) is 27.5 Å². The standard InChI is InChI=1S/C15H21N3OS/c1-8-10(3)20-15-13(8)14(19)17-12(18-15)7-16-9(2)11-5-4-6-11/h9,11,16H,4-7H2,1-3H3,(H,17,18,19). The molecule has 2 heterocycles. The molecule has 2 aromatic rings. The Kier molecular flexibility index (Phi) is 3.65. The van der Waals surface area contributed by atoms with Gasteiger partial charge in [-0.3, -0.25) is 4.79 Å². The summed E-state index contributed by atoms with van der Waals surface area (Å²) >= 11 is 1.60. The fraction of sp³-hybridized carbons (Fsp3) is 0.600. The van der Waals surface area contributed by atoms with Crippen LogP contribution in [0.4, 0.5) is 0 Å². The van der Waals surface area contributed by atoms with Crippen LogP contribution in [-0.4, -0.2) is 16.0 Å². The van der Waals surface area contributed by atoms with E-state index in [0.29, 0.717) is 12.6 Å². The zero-order valence-corrected chi connectivity index (χ0v) is 13.1. The van der Waals surface area contributed by atoms with Crippen LogP contribution in [-0.2, 0) is 6.54 Å². The number of fused-ring (bicyclic) bond motifs is 1. The van der Waals surface area contributed by atoms with Crippen LogP contribution in [0.15, 0.2) is 4.79 Å². The van der Waals surface area contributed by atoms with Crippen molar-refractivity contribution < 1.29 is 0 Å². The van der Waals surface area contributed by atoms with E-state index in [1.54, 1.807) is 11.3 Å². The molecule has 1 fully saturated rings. The van der Waals surface area contributed by atoms with Crippen molar-refractivity contribution >= 4 is 21.6 Å². The quantitative estimate of drug-likeness (QED) is 0.910. The number of rotatable bonds is 4. The van der Waals surface area contributed by atoms with Crippen molar-refractivity contribution in [1.29, 1.82) is 0 Å². The molecule has 0 spiro atoms. The first-order valence-electron chi connectivity index (χ1n) is 7.28. The molecule has 2 aromatic heterocycles. The molecule has 4 nitrogen and oxygen atoms in total. The monoisotopic (exact) mass is 291 g/mol. The van der Waals surface area contributed by atoms with Gasteiger partial charge in [0.15, 0.2) is 0 Å². The van der Waals surface area contributed by atoms with Gasteiger partial charge >= 0.3 is 0 Å². The summed E-state index contributed by atoms with van der Waals surface area (Å²) in [6.45, 7) is 6.89. The van der Waals surface area contributed by atoms with E-state index in [4.69, 9.17) is 0 Å². The van der Waals surface area contributed by atoms with Crippen molar-refractivity contribution in [3.8, 4) is 0 Å². The van der Waals surface area contributed by atoms with Crippen molar-refractivity contribution in [3.05, 3.63) is 26.6 Å². The number of aryl methyl sites for hydroxylation is 2. The minimum atomic E-state index is -0.00931. The lowest BCUT2D eigenvalue weighted by molar-refractivity contribution is 0.239. The third-order valence-corrected chi connectivity index (χ3v) is 5.64. The number of nitrogens with one attached hydrogen (secondary N) is 2. The molecule has 5 heteroatoms. The molecule has 0 bridgehead atoms. The van der Waals surface area contributed by atoms with Crippen LogP contribution < -0.4 is 10.9 Å². The normalized spacial score (nSPS) is 17.4. The highest BCUT2D eigenvalue weighted by Crippen LogP contribution is 2.29. The van der Waals surface area contributed by atoms with Gasteiger partial charge in [-0.1, -0.05) is 6.42 Å². The topological polar surface area (TPSA) is 57.8 Å². The largest absolute Gasteiger partial charge is 0.309 e. The molecule has 0 saturated heterocycles. The second kappa shape index (κ2) is 5.30. The maximum absolute atomic E-state index is 12.2. The predicted molar refractivity (Wildman–Crippen MR) is 83.4 cm³/mol. The van der Waals surface area contributed by atoms with E-state index in [2.05, 4.69) is 22.2 Å². The minimum Gasteiger partial charge on any atom is -0.309 e. The molecule has 108 valence electrons. The maximum Gasteiger partial charge on any atom is 0.259 e. The van der Waals surface area contributed by atoms with Gasteiger partial charge in [0.1, 0.15) is 10.7 Å². The van der Waals surface area contributed by atoms with Crippen LogP contribution in [0.1, 0.15) is 42.5 Å². The van der Waals surface area contributed by atoms with Crippen LogP contribution in [0.5, 0.6) is 0 Å². The summed E-state index contributed by atoms with van der Waals surface area (Å²) in [5.41, 5.74) is 1.05. The zero-order chi connectivity index (χ0) is 14.3. The molecular formula is C15H21N3OS. The van der Waals surface area contributed by atoms with E-state index in [1.165, 1.54) is 24.1 Å². The van der Waals surface area contributed by atoms with Crippen LogP contribution in [0.2, 0.25) is 0 Å². The first-order chi connectivity index (χ1) is 9.56. The lowest BCUT2D eigenvalue weighted by Gasteiger charge is -2.31. The molecule has 0 aliphatic heterocycles. The number of hydrogen-bond donors (Lipinski definition) is 2. The van der Waals surface area contributed by atoms with Gasteiger partial charge in [-0.25, -0.2) is 4.98 Å². The van der Waals surface area contributed by atoms with Crippen molar-refractivity contribution in [2.75, 3.05) is 0 Å². The Balaban J connectivity index is 1.80. The van der Waals surface area contributed by atoms with E-state index >= 15 is 0 Å². The molecule has 0 aromatic carbocycles. The average molecular weight is 291 g/mol. The Hall–Kier alpha value is -1.20. The highest BCUT2D eigenvalue weighted by molar-refractivity contribution is 7.18. The van der Waals surface area contributed by atoms with E-state index in [-0.39, 0.29) is 5.56 Å². The second-order valence-electron chi connectivity index (χ2n) is 5.84. The van der Waals surface area contributed by atoms with Gasteiger partial charge in [0.05, 0.1) is 11.9 Å². The summed E-state index contributed by atoms with van der Waals surface area (Å²) < 4.78 is 0. The Labute approximate surface area is 122 Å². The number of aromatic amines is 1. The highest BCUT2D eigenvalue weighted by atomic mass is 32.1. The third kappa shape index (κ3) is 2.40. The Bertz CT molecular complexity index is 684. The van der Waals surface area contributed by atoms with Gasteiger partial charge in [0, 0.05) is 10.9 Å². The molecule has 3 rings (SSSR count). The van der Waals surface area contributed by atoms with Gasteiger partial charge in [0.2, 0.25) is 0 Å². The van der Waals surface area contributed by atoms with Crippen LogP contribution in [0.25, 0.3) is 10.2 Å². The molecule has 20 heavy (non-hydrogen) atoms. The molecular weight excluding hydrogens is 270 g/mol. The average Bonchev–Trinajstić information content (AvgIpc) is 2.60. The van der Waals surface area contributed by atoms with Crippen LogP contribution >= 0.6 is 11.3 Å². The van der Waals surface area contributed by atoms with Gasteiger partial charge in [-0.2, -0.15) is 0 Å². The summed E-state index contributed by atoms with van der Waals surface area (Å²) in [6, 6.07) is 0.497. The Morgan fingerprint density at radius 1 is 1.45 bits per heavy atom. The number of aromatic nitrogens is 2. The smallest absolute Gasteiger partial charge is 0.259 e. The summed E-state index contributed by atoms with van der Waals surface area (Å²) in [6.07, 6.45) is 3.99. The number of nitrogens with zero attached hydrogens (tertiary/aromatic N) is 1. The fourth-order valence-corrected chi connectivity index (χ4v) is 3.80. The highest BCUT2D eigenvalue weighted by Gasteiger charge is 2.23. The van der Waals surface area contributed by atoms with E-state index in [9.17, 15) is 4.79 Å². The first kappa shape index (κ1) is 13.8. The number of thiophene rings is 1. The molecule has 1 aliphatic rings. The van der Waals surface area contributed by atoms with E-state index < -0.39 is 0 Å². The first-order valence-corrected chi connectivity index (χ1v) is 8.10. The predicted octanol–water partition coefficient (Wildman–Crippen LogP) is 2.88. The Morgan fingerprint density at radius 3 is 2.85 bits per heavy atom. The van der Waals surface area contributed by atoms with Gasteiger partial charge in [-0.15, -0.1) is 11.3 Å². The molecule has 0 amide bonds. The second-order valence-corrected chi connectivity index (χ2v) is 7.04. The summed E-state index contributed by atoms with van der Waals surface area (Å²) in [7, 11) is 0. The van der Waals surface area contributed by atoms with E-state index in [1.807, 2.05) is 13.8 Å². The summed E-state index contributed by atoms with van der Waals surface area (Å²) in [5, 5.41) is 4.24. The number of hydrogen-bond acceptors (Lipinski definition) is 4. The SMILES string of the molecule is Cc1sc2nc(CNC(C)C3CCC3)[nH]c(=O)c2c1C. The minimum absolute atomic E-state index is 0.00931. The Morgan fingerprint density at radius 2 is 2.20 bits per heavy atom. The third-order valence-electron chi connectivity index (χ3n) is 4.54. The zero-order valence-electron chi connectivity index (χ0n) is 12.2. The molecule has 0 radical (unpaired) electrons. The van der Waals surface area contributed by atoms with Crippen molar-refractivity contribution in [1.82, 2.24) is 15.3 Å². The summed E-state index contributed by atoms with van der Waals surface area (Å²) in [4.78, 5) is 21.7. The van der Waals surface area contributed by atoms with Crippen molar-refractivity contribution in [2.24, 2.45) is 5.92 Å². The van der Waals surface area contributed by atoms with Gasteiger partial charge < -0.3 is 10.3 Å². The van der Waals surface area contributed by atoms with Gasteiger partial charge in [0.25, 0.3) is 5.56 Å². The van der Waals surface area contributed by atoms with Crippen molar-refractivity contribution in [2.45, 2.75) is 52.6 Å². The number of H-pyrrole nitrogens is 1. The van der Waals surface area contributed by atoms with Gasteiger partial charge in [-0.05, 0) is 45.1 Å². The molecule has 1 atom stereocenters. The fourth-order valence-electron chi connectivity index (χ4n) is 2.75.